The number of amides is 5. The fourth-order valence-electron chi connectivity index (χ4n) is 2.82. The van der Waals surface area contributed by atoms with Gasteiger partial charge in [-0.1, -0.05) is 19.9 Å². The number of aromatic nitrogens is 1. The quantitative estimate of drug-likeness (QED) is 0.231. The van der Waals surface area contributed by atoms with Crippen LogP contribution < -0.4 is 26.6 Å². The normalized spacial score (nSPS) is 11.3. The third-order valence-electron chi connectivity index (χ3n) is 4.65. The van der Waals surface area contributed by atoms with E-state index in [1.165, 1.54) is 11.4 Å². The Bertz CT molecular complexity index is 1060. The molecule has 0 aliphatic carbocycles. The van der Waals surface area contributed by atoms with Gasteiger partial charge in [-0.05, 0) is 30.5 Å². The smallest absolute Gasteiger partial charge is 0.320 e. The molecule has 0 aliphatic heterocycles. The van der Waals surface area contributed by atoms with E-state index in [0.29, 0.717) is 17.2 Å². The molecular weight excluding hydrogens is 488 g/mol. The van der Waals surface area contributed by atoms with Crippen molar-refractivity contribution in [3.8, 4) is 0 Å². The van der Waals surface area contributed by atoms with Crippen LogP contribution in [0.4, 0.5) is 9.80 Å². The lowest BCUT2D eigenvalue weighted by molar-refractivity contribution is -0.137. The minimum Gasteiger partial charge on any atom is -0.481 e. The topological polar surface area (TPSA) is 179 Å². The van der Waals surface area contributed by atoms with Gasteiger partial charge in [-0.15, -0.1) is 11.3 Å². The van der Waals surface area contributed by atoms with Gasteiger partial charge < -0.3 is 26.4 Å². The number of hydrogen-bond acceptors (Lipinski definition) is 7. The zero-order valence-corrected chi connectivity index (χ0v) is 20.8. The summed E-state index contributed by atoms with van der Waals surface area (Å²) in [6.07, 6.45) is 1.24. The lowest BCUT2D eigenvalue weighted by atomic mass is 10.1. The minimum absolute atomic E-state index is 0.0824. The average Bonchev–Trinajstić information content (AvgIpc) is 3.31. The molecule has 0 saturated carbocycles. The molecular formula is C23H30N6O6S. The Morgan fingerprint density at radius 2 is 1.86 bits per heavy atom. The summed E-state index contributed by atoms with van der Waals surface area (Å²) in [6, 6.07) is 5.32. The van der Waals surface area contributed by atoms with Crippen molar-refractivity contribution >= 4 is 46.1 Å². The third kappa shape index (κ3) is 10.5. The molecule has 2 aromatic heterocycles. The largest absolute Gasteiger partial charge is 0.481 e. The summed E-state index contributed by atoms with van der Waals surface area (Å²) >= 11 is 1.14. The van der Waals surface area contributed by atoms with Crippen molar-refractivity contribution < 1.29 is 29.1 Å². The van der Waals surface area contributed by atoms with Gasteiger partial charge in [-0.2, -0.15) is 0 Å². The molecule has 1 atom stereocenters. The number of carbonyl (C=O) groups excluding carboxylic acids is 4. The van der Waals surface area contributed by atoms with Crippen LogP contribution in [-0.2, 0) is 20.9 Å². The summed E-state index contributed by atoms with van der Waals surface area (Å²) in [6.45, 7) is 4.01. The van der Waals surface area contributed by atoms with Gasteiger partial charge in [-0.25, -0.2) is 4.79 Å². The van der Waals surface area contributed by atoms with Gasteiger partial charge in [-0.3, -0.25) is 29.5 Å². The Morgan fingerprint density at radius 3 is 2.53 bits per heavy atom. The number of carboxylic acids is 1. The number of aliphatic carboxylic acids is 1. The van der Waals surface area contributed by atoms with Crippen molar-refractivity contribution in [3.63, 3.8) is 0 Å². The summed E-state index contributed by atoms with van der Waals surface area (Å²) in [4.78, 5) is 64.1. The van der Waals surface area contributed by atoms with Crippen LogP contribution in [0.3, 0.4) is 0 Å². The molecule has 6 N–H and O–H groups in total. The highest BCUT2D eigenvalue weighted by Gasteiger charge is 2.22. The Kier molecular flexibility index (Phi) is 11.3. The van der Waals surface area contributed by atoms with E-state index in [1.807, 2.05) is 19.9 Å². The maximum Gasteiger partial charge on any atom is 0.320 e. The molecule has 1 unspecified atom stereocenters. The van der Waals surface area contributed by atoms with Gasteiger partial charge in [0.25, 0.3) is 5.91 Å². The molecule has 0 spiro atoms. The minimum atomic E-state index is -1.09. The second kappa shape index (κ2) is 14.4. The summed E-state index contributed by atoms with van der Waals surface area (Å²) < 4.78 is 0. The highest BCUT2D eigenvalue weighted by molar-refractivity contribution is 7.14. The Hall–Kier alpha value is -4.00. The van der Waals surface area contributed by atoms with Gasteiger partial charge in [0, 0.05) is 24.5 Å². The van der Waals surface area contributed by atoms with Crippen LogP contribution in [0.25, 0.3) is 0 Å². The summed E-state index contributed by atoms with van der Waals surface area (Å²) in [5.41, 5.74) is 0.935. The molecule has 0 aromatic carbocycles. The molecule has 5 amide bonds. The Labute approximate surface area is 212 Å². The SMILES string of the molecule is CC(C)CNC(=O)C(CCC(=O)O)NC(=O)CNC(=O)c1csc(NC(=O)NCc2ccccn2)c1. The summed E-state index contributed by atoms with van der Waals surface area (Å²) in [5.74, 6) is -2.58. The summed E-state index contributed by atoms with van der Waals surface area (Å²) in [5, 5.41) is 23.7. The van der Waals surface area contributed by atoms with E-state index < -0.39 is 42.3 Å². The number of hydrogen-bond donors (Lipinski definition) is 6. The number of nitrogens with zero attached hydrogens (tertiary/aromatic N) is 1. The van der Waals surface area contributed by atoms with Crippen LogP contribution in [0.2, 0.25) is 0 Å². The Morgan fingerprint density at radius 1 is 1.08 bits per heavy atom. The van der Waals surface area contributed by atoms with E-state index in [1.54, 1.807) is 18.3 Å². The first-order valence-electron chi connectivity index (χ1n) is 11.2. The number of thiophene rings is 1. The third-order valence-corrected chi connectivity index (χ3v) is 5.49. The fourth-order valence-corrected chi connectivity index (χ4v) is 3.60. The molecule has 13 heteroatoms. The maximum absolute atomic E-state index is 12.4. The number of anilines is 1. The maximum atomic E-state index is 12.4. The Balaban J connectivity index is 1.81. The molecule has 194 valence electrons. The number of pyridine rings is 1. The number of carbonyl (C=O) groups is 5. The highest BCUT2D eigenvalue weighted by atomic mass is 32.1. The molecule has 0 saturated heterocycles. The molecule has 2 rings (SSSR count). The van der Waals surface area contributed by atoms with Crippen LogP contribution in [0.15, 0.2) is 35.8 Å². The molecule has 0 radical (unpaired) electrons. The van der Waals surface area contributed by atoms with Crippen LogP contribution in [0.1, 0.15) is 42.7 Å². The van der Waals surface area contributed by atoms with E-state index in [-0.39, 0.29) is 30.9 Å². The monoisotopic (exact) mass is 518 g/mol. The molecule has 36 heavy (non-hydrogen) atoms. The predicted octanol–water partition coefficient (Wildman–Crippen LogP) is 1.32. The average molecular weight is 519 g/mol. The van der Waals surface area contributed by atoms with Crippen molar-refractivity contribution in [1.82, 2.24) is 26.3 Å². The molecule has 2 aromatic rings. The van der Waals surface area contributed by atoms with Crippen molar-refractivity contribution in [2.45, 2.75) is 39.3 Å². The first kappa shape index (κ1) is 28.2. The predicted molar refractivity (Wildman–Crippen MR) is 133 cm³/mol. The zero-order valence-electron chi connectivity index (χ0n) is 20.0. The second-order valence-electron chi connectivity index (χ2n) is 8.20. The molecule has 12 nitrogen and oxygen atoms in total. The van der Waals surface area contributed by atoms with E-state index in [0.717, 1.165) is 11.3 Å². The van der Waals surface area contributed by atoms with E-state index >= 15 is 0 Å². The molecule has 0 bridgehead atoms. The number of rotatable bonds is 13. The lowest BCUT2D eigenvalue weighted by Crippen LogP contribution is -2.50. The first-order chi connectivity index (χ1) is 17.1. The number of nitrogens with one attached hydrogen (secondary N) is 5. The van der Waals surface area contributed by atoms with Crippen LogP contribution in [-0.4, -0.2) is 58.9 Å². The molecule has 2 heterocycles. The van der Waals surface area contributed by atoms with E-state index in [4.69, 9.17) is 5.11 Å². The second-order valence-corrected chi connectivity index (χ2v) is 9.11. The zero-order chi connectivity index (χ0) is 26.5. The van der Waals surface area contributed by atoms with Crippen LogP contribution in [0, 0.1) is 5.92 Å². The number of carboxylic acid groups (broad SMARTS) is 1. The van der Waals surface area contributed by atoms with Crippen LogP contribution in [0.5, 0.6) is 0 Å². The van der Waals surface area contributed by atoms with E-state index in [2.05, 4.69) is 31.6 Å². The van der Waals surface area contributed by atoms with Gasteiger partial charge in [0.05, 0.1) is 29.3 Å². The van der Waals surface area contributed by atoms with Crippen molar-refractivity contribution in [1.29, 1.82) is 0 Å². The van der Waals surface area contributed by atoms with Gasteiger partial charge in [0.15, 0.2) is 0 Å². The van der Waals surface area contributed by atoms with Crippen molar-refractivity contribution in [3.05, 3.63) is 47.1 Å². The van der Waals surface area contributed by atoms with Gasteiger partial charge >= 0.3 is 12.0 Å². The fraction of sp³-hybridized carbons (Fsp3) is 0.391. The first-order valence-corrected chi connectivity index (χ1v) is 12.1. The van der Waals surface area contributed by atoms with Crippen molar-refractivity contribution in [2.75, 3.05) is 18.4 Å². The number of urea groups is 1. The molecule has 0 fully saturated rings. The molecule has 0 aliphatic rings. The highest BCUT2D eigenvalue weighted by Crippen LogP contribution is 2.20. The van der Waals surface area contributed by atoms with E-state index in [9.17, 15) is 24.0 Å². The van der Waals surface area contributed by atoms with Gasteiger partial charge in [0.1, 0.15) is 6.04 Å². The lowest BCUT2D eigenvalue weighted by Gasteiger charge is -2.18. The standard InChI is InChI=1S/C23H30N6O6S/c1-14(2)10-25-22(34)17(6-7-20(31)32)28-18(30)12-26-21(33)15-9-19(36-13-15)29-23(35)27-11-16-5-3-4-8-24-16/h3-5,8-9,13-14,17H,6-7,10-12H2,1-2H3,(H,25,34)(H,26,33)(H,28,30)(H,31,32)(H2,27,29,35). The van der Waals surface area contributed by atoms with Crippen LogP contribution >= 0.6 is 11.3 Å². The summed E-state index contributed by atoms with van der Waals surface area (Å²) in [7, 11) is 0. The van der Waals surface area contributed by atoms with Gasteiger partial charge in [0.2, 0.25) is 11.8 Å². The van der Waals surface area contributed by atoms with Crippen molar-refractivity contribution in [2.24, 2.45) is 5.92 Å².